The monoisotopic (exact) mass is 246 g/mol. The topological polar surface area (TPSA) is 159 Å². The molecule has 0 unspecified atom stereocenters. The molecule has 0 aromatic heterocycles. The van der Waals surface area contributed by atoms with Gasteiger partial charge in [-0.3, -0.25) is 0 Å². The molecule has 0 amide bonds. The Morgan fingerprint density at radius 3 is 2.94 bits per heavy atom. The normalized spacial score (nSPS) is 34.8. The molecular weight excluding hydrogens is 234 g/mol. The molecule has 1 rings (SSSR count). The maximum Gasteiger partial charge on any atom is 0.209 e. The molecule has 1 aliphatic rings. The number of nitrogens with zero attached hydrogens (tertiary/aromatic N) is 3. The van der Waals surface area contributed by atoms with Gasteiger partial charge in [-0.1, -0.05) is 5.11 Å². The van der Waals surface area contributed by atoms with Crippen LogP contribution in [0.5, 0.6) is 0 Å². The van der Waals surface area contributed by atoms with Crippen molar-refractivity contribution in [2.75, 3.05) is 6.54 Å². The minimum absolute atomic E-state index is 0.0717. The zero-order valence-electron chi connectivity index (χ0n) is 8.76. The van der Waals surface area contributed by atoms with Crippen molar-refractivity contribution in [2.45, 2.75) is 36.9 Å². The number of rotatable bonds is 4. The van der Waals surface area contributed by atoms with E-state index in [2.05, 4.69) is 10.0 Å². The number of aliphatic hydroxyl groups is 3. The number of hydrogen-bond acceptors (Lipinski definition) is 7. The number of azide groups is 1. The molecule has 0 saturated carbocycles. The molecule has 17 heavy (non-hydrogen) atoms. The lowest BCUT2D eigenvalue weighted by Crippen LogP contribution is -2.59. The van der Waals surface area contributed by atoms with Crippen LogP contribution in [0.15, 0.2) is 5.11 Å². The van der Waals surface area contributed by atoms with E-state index in [0.29, 0.717) is 0 Å². The Labute approximate surface area is 95.9 Å². The highest BCUT2D eigenvalue weighted by Crippen LogP contribution is 2.28. The van der Waals surface area contributed by atoms with Gasteiger partial charge in [-0.2, -0.15) is 0 Å². The van der Waals surface area contributed by atoms with Crippen molar-refractivity contribution in [1.29, 1.82) is 0 Å². The molecule has 1 aliphatic heterocycles. The predicted octanol–water partition coefficient (Wildman–Crippen LogP) is -2.36. The molecule has 3 N–H and O–H groups in total. The fraction of sp³-hybridized carbons (Fsp3) is 0.875. The average molecular weight is 246 g/mol. The van der Waals surface area contributed by atoms with Gasteiger partial charge in [0.25, 0.3) is 0 Å². The lowest BCUT2D eigenvalue weighted by Gasteiger charge is -2.41. The van der Waals surface area contributed by atoms with Crippen LogP contribution in [-0.2, 0) is 9.53 Å². The Hall–Kier alpha value is -1.38. The molecule has 0 bridgehead atoms. The van der Waals surface area contributed by atoms with Gasteiger partial charge >= 0.3 is 0 Å². The molecule has 0 aromatic rings. The number of carbonyl (C=O) groups is 1. The summed E-state index contributed by atoms with van der Waals surface area (Å²) in [6.07, 6.45) is -4.23. The van der Waals surface area contributed by atoms with Crippen LogP contribution >= 0.6 is 0 Å². The molecule has 0 radical (unpaired) electrons. The Morgan fingerprint density at radius 1 is 1.76 bits per heavy atom. The zero-order valence-corrected chi connectivity index (χ0v) is 8.76. The number of carbonyl (C=O) groups excluding carboxylic acids is 1. The summed E-state index contributed by atoms with van der Waals surface area (Å²) < 4.78 is 4.76. The minimum atomic E-state index is -2.64. The number of aliphatic carboxylic acids is 1. The number of hydrogen-bond donors (Lipinski definition) is 3. The summed E-state index contributed by atoms with van der Waals surface area (Å²) in [4.78, 5) is 13.1. The standard InChI is InChI=1S/C8H13N3O6/c9-11-10-3-5(13)6-1-4(12)2-8(16,17-6)7(14)15/h4-6,12-13,16H,1-3H2,(H,14,15)/p-1/t4-,5-,6+,8-/m1/s1. The summed E-state index contributed by atoms with van der Waals surface area (Å²) in [7, 11) is 0. The van der Waals surface area contributed by atoms with Crippen LogP contribution in [-0.4, -0.2) is 51.9 Å². The number of ether oxygens (including phenoxy) is 1. The van der Waals surface area contributed by atoms with Crippen LogP contribution in [0.1, 0.15) is 12.8 Å². The third kappa shape index (κ3) is 3.29. The first-order chi connectivity index (χ1) is 7.89. The molecule has 0 spiro atoms. The van der Waals surface area contributed by atoms with E-state index in [1.165, 1.54) is 0 Å². The van der Waals surface area contributed by atoms with Gasteiger partial charge in [-0.25, -0.2) is 0 Å². The molecular formula is C8H12N3O6-. The molecule has 0 aliphatic carbocycles. The molecule has 9 nitrogen and oxygen atoms in total. The Morgan fingerprint density at radius 2 is 2.41 bits per heavy atom. The van der Waals surface area contributed by atoms with Crippen molar-refractivity contribution in [3.63, 3.8) is 0 Å². The highest BCUT2D eigenvalue weighted by atomic mass is 16.7. The summed E-state index contributed by atoms with van der Waals surface area (Å²) in [5.41, 5.74) is 8.06. The molecule has 1 fully saturated rings. The second kappa shape index (κ2) is 5.30. The van der Waals surface area contributed by atoms with E-state index in [1.54, 1.807) is 0 Å². The third-order valence-corrected chi connectivity index (χ3v) is 2.44. The lowest BCUT2D eigenvalue weighted by molar-refractivity contribution is -0.370. The number of aliphatic hydroxyl groups excluding tert-OH is 2. The van der Waals surface area contributed by atoms with Gasteiger partial charge in [0.2, 0.25) is 5.79 Å². The average Bonchev–Trinajstić information content (AvgIpc) is 2.24. The van der Waals surface area contributed by atoms with Gasteiger partial charge in [0.05, 0.1) is 24.9 Å². The fourth-order valence-corrected chi connectivity index (χ4v) is 1.62. The first-order valence-corrected chi connectivity index (χ1v) is 4.87. The van der Waals surface area contributed by atoms with E-state index >= 15 is 0 Å². The third-order valence-electron chi connectivity index (χ3n) is 2.44. The van der Waals surface area contributed by atoms with Crippen molar-refractivity contribution < 1.29 is 30.0 Å². The molecule has 9 heteroatoms. The first kappa shape index (κ1) is 13.7. The summed E-state index contributed by atoms with van der Waals surface area (Å²) in [6.45, 7) is -0.350. The molecule has 4 atom stereocenters. The van der Waals surface area contributed by atoms with Crippen molar-refractivity contribution in [3.05, 3.63) is 10.4 Å². The molecule has 1 saturated heterocycles. The molecule has 0 aromatic carbocycles. The van der Waals surface area contributed by atoms with Crippen LogP contribution in [0.4, 0.5) is 0 Å². The van der Waals surface area contributed by atoms with Gasteiger partial charge in [-0.05, 0) is 5.53 Å². The minimum Gasteiger partial charge on any atom is -0.544 e. The second-order valence-electron chi connectivity index (χ2n) is 3.80. The van der Waals surface area contributed by atoms with Crippen LogP contribution in [0.2, 0.25) is 0 Å². The number of carboxylic acid groups (broad SMARTS) is 1. The summed E-state index contributed by atoms with van der Waals surface area (Å²) in [5, 5.41) is 42.1. The SMILES string of the molecule is [N-]=[N+]=NC[C@@H](O)[C@@H]1C[C@@H](O)C[C@](O)(C(=O)[O-])O1. The van der Waals surface area contributed by atoms with Gasteiger partial charge in [0.15, 0.2) is 0 Å². The summed E-state index contributed by atoms with van der Waals surface area (Å²) in [5.74, 6) is -4.53. The molecule has 96 valence electrons. The van der Waals surface area contributed by atoms with Crippen LogP contribution in [0.3, 0.4) is 0 Å². The van der Waals surface area contributed by atoms with Crippen molar-refractivity contribution in [1.82, 2.24) is 0 Å². The quantitative estimate of drug-likeness (QED) is 0.285. The second-order valence-corrected chi connectivity index (χ2v) is 3.80. The van der Waals surface area contributed by atoms with Gasteiger partial charge in [0, 0.05) is 17.8 Å². The van der Waals surface area contributed by atoms with Crippen molar-refractivity contribution in [2.24, 2.45) is 5.11 Å². The Kier molecular flexibility index (Phi) is 4.27. The number of carboxylic acids is 1. The van der Waals surface area contributed by atoms with Crippen LogP contribution in [0, 0.1) is 0 Å². The summed E-state index contributed by atoms with van der Waals surface area (Å²) >= 11 is 0. The first-order valence-electron chi connectivity index (χ1n) is 4.87. The maximum atomic E-state index is 10.6. The van der Waals surface area contributed by atoms with Crippen molar-refractivity contribution >= 4 is 5.97 Å². The smallest absolute Gasteiger partial charge is 0.209 e. The van der Waals surface area contributed by atoms with E-state index < -0.39 is 36.5 Å². The van der Waals surface area contributed by atoms with Gasteiger partial charge in [0.1, 0.15) is 5.97 Å². The maximum absolute atomic E-state index is 10.6. The fourth-order valence-electron chi connectivity index (χ4n) is 1.62. The van der Waals surface area contributed by atoms with E-state index in [1.807, 2.05) is 0 Å². The van der Waals surface area contributed by atoms with Crippen molar-refractivity contribution in [3.8, 4) is 0 Å². The molecule has 1 heterocycles. The predicted molar refractivity (Wildman–Crippen MR) is 50.1 cm³/mol. The van der Waals surface area contributed by atoms with E-state index in [9.17, 15) is 25.2 Å². The highest BCUT2D eigenvalue weighted by molar-refractivity contribution is 5.73. The van der Waals surface area contributed by atoms with Gasteiger partial charge in [-0.15, -0.1) is 0 Å². The summed E-state index contributed by atoms with van der Waals surface area (Å²) in [6, 6.07) is 0. The van der Waals surface area contributed by atoms with E-state index in [4.69, 9.17) is 10.3 Å². The highest BCUT2D eigenvalue weighted by Gasteiger charge is 2.43. The van der Waals surface area contributed by atoms with E-state index in [-0.39, 0.29) is 13.0 Å². The van der Waals surface area contributed by atoms with E-state index in [0.717, 1.165) is 0 Å². The van der Waals surface area contributed by atoms with Crippen LogP contribution < -0.4 is 5.11 Å². The van der Waals surface area contributed by atoms with Crippen LogP contribution in [0.25, 0.3) is 10.4 Å². The lowest BCUT2D eigenvalue weighted by atomic mass is 9.95. The Bertz CT molecular complexity index is 344. The largest absolute Gasteiger partial charge is 0.544 e. The Balaban J connectivity index is 2.74. The van der Waals surface area contributed by atoms with Gasteiger partial charge < -0.3 is 30.0 Å². The zero-order chi connectivity index (χ0) is 13.1.